The molecule has 0 fully saturated rings. The summed E-state index contributed by atoms with van der Waals surface area (Å²) in [6, 6.07) is 13.1. The van der Waals surface area contributed by atoms with Crippen LogP contribution in [0.3, 0.4) is 0 Å². The minimum absolute atomic E-state index is 0.0988. The molecule has 2 heterocycles. The number of fused-ring (bicyclic) bond motifs is 8. The number of hydrogen-bond acceptors (Lipinski definition) is 2. The SMILES string of the molecule is CC(=O)C1CCC2=C(C1)[C@@H]1O[C@H]2c2cc3ccccc3cc21. The Morgan fingerprint density at radius 1 is 1.05 bits per heavy atom. The number of carbonyl (C=O) groups excluding carboxylic acids is 1. The maximum absolute atomic E-state index is 11.8. The fraction of sp³-hybridized carbons (Fsp3) is 0.350. The lowest BCUT2D eigenvalue weighted by atomic mass is 9.74. The van der Waals surface area contributed by atoms with Crippen molar-refractivity contribution in [3.63, 3.8) is 0 Å². The van der Waals surface area contributed by atoms with Crippen LogP contribution in [0.25, 0.3) is 10.8 Å². The van der Waals surface area contributed by atoms with Crippen LogP contribution >= 0.6 is 0 Å². The lowest BCUT2D eigenvalue weighted by Gasteiger charge is -2.28. The van der Waals surface area contributed by atoms with Crippen molar-refractivity contribution in [2.45, 2.75) is 38.4 Å². The van der Waals surface area contributed by atoms with Crippen molar-refractivity contribution < 1.29 is 9.53 Å². The Balaban J connectivity index is 1.63. The number of Topliss-reactive ketones (excluding diaryl/α,β-unsaturated/α-hetero) is 1. The summed E-state index contributed by atoms with van der Waals surface area (Å²) in [7, 11) is 0. The molecule has 2 aromatic rings. The monoisotopic (exact) mass is 290 g/mol. The maximum Gasteiger partial charge on any atom is 0.133 e. The number of hydrogen-bond donors (Lipinski definition) is 0. The Hall–Kier alpha value is -1.93. The number of ether oxygens (including phenoxy) is 1. The van der Waals surface area contributed by atoms with Gasteiger partial charge in [0, 0.05) is 5.92 Å². The predicted molar refractivity (Wildman–Crippen MR) is 85.6 cm³/mol. The molecule has 0 amide bonds. The van der Waals surface area contributed by atoms with Crippen molar-refractivity contribution in [1.82, 2.24) is 0 Å². The highest BCUT2D eigenvalue weighted by Gasteiger charge is 2.46. The summed E-state index contributed by atoms with van der Waals surface area (Å²) in [5.74, 6) is 0.527. The largest absolute Gasteiger partial charge is 0.357 e. The third-order valence-corrected chi connectivity index (χ3v) is 5.64. The third kappa shape index (κ3) is 1.56. The average Bonchev–Trinajstić information content (AvgIpc) is 3.09. The van der Waals surface area contributed by atoms with Crippen molar-refractivity contribution in [1.29, 1.82) is 0 Å². The first-order valence-electron chi connectivity index (χ1n) is 8.12. The molecule has 2 aromatic carbocycles. The van der Waals surface area contributed by atoms with Crippen LogP contribution in [0.5, 0.6) is 0 Å². The van der Waals surface area contributed by atoms with Gasteiger partial charge in [0.15, 0.2) is 0 Å². The summed E-state index contributed by atoms with van der Waals surface area (Å²) < 4.78 is 6.30. The molecular formula is C20H18O2. The summed E-state index contributed by atoms with van der Waals surface area (Å²) in [5.41, 5.74) is 5.54. The van der Waals surface area contributed by atoms with Gasteiger partial charge in [0.25, 0.3) is 0 Å². The molecule has 2 aliphatic heterocycles. The van der Waals surface area contributed by atoms with E-state index in [0.29, 0.717) is 5.78 Å². The third-order valence-electron chi connectivity index (χ3n) is 5.64. The van der Waals surface area contributed by atoms with E-state index in [9.17, 15) is 4.79 Å². The molecule has 3 atom stereocenters. The number of carbonyl (C=O) groups is 1. The predicted octanol–water partition coefficient (Wildman–Crippen LogP) is 4.65. The average molecular weight is 290 g/mol. The molecule has 0 N–H and O–H groups in total. The van der Waals surface area contributed by atoms with Gasteiger partial charge in [0.05, 0.1) is 0 Å². The van der Waals surface area contributed by atoms with Crippen LogP contribution in [-0.2, 0) is 9.53 Å². The highest BCUT2D eigenvalue weighted by molar-refractivity contribution is 5.85. The van der Waals surface area contributed by atoms with Gasteiger partial charge in [-0.25, -0.2) is 0 Å². The lowest BCUT2D eigenvalue weighted by molar-refractivity contribution is -0.121. The Labute approximate surface area is 129 Å². The van der Waals surface area contributed by atoms with Gasteiger partial charge in [-0.1, -0.05) is 24.3 Å². The zero-order chi connectivity index (χ0) is 14.8. The van der Waals surface area contributed by atoms with Gasteiger partial charge in [-0.2, -0.15) is 0 Å². The molecule has 2 heteroatoms. The van der Waals surface area contributed by atoms with Crippen LogP contribution in [0.15, 0.2) is 47.5 Å². The van der Waals surface area contributed by atoms with Gasteiger partial charge < -0.3 is 4.74 Å². The van der Waals surface area contributed by atoms with E-state index < -0.39 is 0 Å². The molecule has 3 aliphatic rings. The first-order valence-corrected chi connectivity index (χ1v) is 8.12. The minimum Gasteiger partial charge on any atom is -0.357 e. The van der Waals surface area contributed by atoms with E-state index in [1.165, 1.54) is 33.0 Å². The Kier molecular flexibility index (Phi) is 2.46. The van der Waals surface area contributed by atoms with E-state index in [1.807, 2.05) is 0 Å². The van der Waals surface area contributed by atoms with Crippen LogP contribution < -0.4 is 0 Å². The second kappa shape index (κ2) is 4.30. The Morgan fingerprint density at radius 2 is 1.68 bits per heavy atom. The van der Waals surface area contributed by atoms with E-state index in [2.05, 4.69) is 36.4 Å². The first-order chi connectivity index (χ1) is 10.7. The second-order valence-corrected chi connectivity index (χ2v) is 6.83. The molecule has 1 aliphatic carbocycles. The van der Waals surface area contributed by atoms with E-state index in [-0.39, 0.29) is 18.1 Å². The molecule has 2 bridgehead atoms. The van der Waals surface area contributed by atoms with Gasteiger partial charge >= 0.3 is 0 Å². The normalized spacial score (nSPS) is 28.9. The molecule has 110 valence electrons. The Bertz CT molecular complexity index is 846. The summed E-state index contributed by atoms with van der Waals surface area (Å²) in [6.07, 6.45) is 3.16. The highest BCUT2D eigenvalue weighted by Crippen LogP contribution is 2.59. The lowest BCUT2D eigenvalue weighted by Crippen LogP contribution is -2.20. The quantitative estimate of drug-likeness (QED) is 0.714. The van der Waals surface area contributed by atoms with Crippen LogP contribution in [0.2, 0.25) is 0 Å². The molecule has 0 radical (unpaired) electrons. The maximum atomic E-state index is 11.8. The van der Waals surface area contributed by atoms with Crippen molar-refractivity contribution in [3.8, 4) is 0 Å². The van der Waals surface area contributed by atoms with Crippen molar-refractivity contribution >= 4 is 16.6 Å². The van der Waals surface area contributed by atoms with Gasteiger partial charge in [-0.15, -0.1) is 0 Å². The van der Waals surface area contributed by atoms with Crippen molar-refractivity contribution in [3.05, 3.63) is 58.7 Å². The number of benzene rings is 2. The van der Waals surface area contributed by atoms with E-state index in [4.69, 9.17) is 4.74 Å². The molecular weight excluding hydrogens is 272 g/mol. The fourth-order valence-electron chi connectivity index (χ4n) is 4.46. The summed E-state index contributed by atoms with van der Waals surface area (Å²) >= 11 is 0. The van der Waals surface area contributed by atoms with E-state index in [1.54, 1.807) is 6.92 Å². The van der Waals surface area contributed by atoms with Gasteiger partial charge in [-0.05, 0) is 71.4 Å². The zero-order valence-corrected chi connectivity index (χ0v) is 12.6. The van der Waals surface area contributed by atoms with Gasteiger partial charge in [0.2, 0.25) is 0 Å². The summed E-state index contributed by atoms with van der Waals surface area (Å²) in [4.78, 5) is 11.8. The standard InChI is InChI=1S/C20H18O2/c1-11(21)12-6-7-15-16(8-12)20-18-10-14-5-3-2-4-13(14)9-17(18)19(15)22-20/h2-5,9-10,12,19-20H,6-8H2,1H3/t12?,19-,20+/m1/s1. The summed E-state index contributed by atoms with van der Waals surface area (Å²) in [6.45, 7) is 1.73. The van der Waals surface area contributed by atoms with Crippen molar-refractivity contribution in [2.75, 3.05) is 0 Å². The molecule has 2 nitrogen and oxygen atoms in total. The molecule has 0 spiro atoms. The van der Waals surface area contributed by atoms with Gasteiger partial charge in [0.1, 0.15) is 18.0 Å². The molecule has 0 saturated heterocycles. The topological polar surface area (TPSA) is 26.3 Å². The minimum atomic E-state index is 0.0988. The smallest absolute Gasteiger partial charge is 0.133 e. The van der Waals surface area contributed by atoms with E-state index >= 15 is 0 Å². The molecule has 1 unspecified atom stereocenters. The molecule has 0 aromatic heterocycles. The highest BCUT2D eigenvalue weighted by atomic mass is 16.5. The molecule has 0 saturated carbocycles. The van der Waals surface area contributed by atoms with Gasteiger partial charge in [-0.3, -0.25) is 4.79 Å². The van der Waals surface area contributed by atoms with Crippen LogP contribution in [0.1, 0.15) is 49.5 Å². The van der Waals surface area contributed by atoms with E-state index in [0.717, 1.165) is 19.3 Å². The van der Waals surface area contributed by atoms with Crippen LogP contribution in [-0.4, -0.2) is 5.78 Å². The van der Waals surface area contributed by atoms with Crippen molar-refractivity contribution in [2.24, 2.45) is 5.92 Å². The number of rotatable bonds is 1. The second-order valence-electron chi connectivity index (χ2n) is 6.83. The fourth-order valence-corrected chi connectivity index (χ4v) is 4.46. The summed E-state index contributed by atoms with van der Waals surface area (Å²) in [5, 5.41) is 2.57. The molecule has 22 heavy (non-hydrogen) atoms. The molecule has 5 rings (SSSR count). The van der Waals surface area contributed by atoms with Crippen LogP contribution in [0, 0.1) is 5.92 Å². The van der Waals surface area contributed by atoms with Crippen LogP contribution in [0.4, 0.5) is 0 Å². The zero-order valence-electron chi connectivity index (χ0n) is 12.6. The number of ketones is 1. The Morgan fingerprint density at radius 3 is 2.32 bits per heavy atom. The first kappa shape index (κ1) is 12.6.